The lowest BCUT2D eigenvalue weighted by Crippen LogP contribution is -2.36. The molecule has 4 aromatic rings. The second kappa shape index (κ2) is 11.2. The van der Waals surface area contributed by atoms with E-state index in [-0.39, 0.29) is 17.6 Å². The summed E-state index contributed by atoms with van der Waals surface area (Å²) >= 11 is 1.46. The molecule has 3 aromatic carbocycles. The van der Waals surface area contributed by atoms with Gasteiger partial charge >= 0.3 is 0 Å². The molecule has 2 amide bonds. The number of carbonyl (C=O) groups excluding carboxylic acids is 3. The second-order valence-corrected chi connectivity index (χ2v) is 9.33. The summed E-state index contributed by atoms with van der Waals surface area (Å²) in [5.74, 6) is -0.550. The summed E-state index contributed by atoms with van der Waals surface area (Å²) in [4.78, 5) is 40.0. The number of morpholine rings is 1. The molecule has 2 N–H and O–H groups in total. The highest BCUT2D eigenvalue weighted by atomic mass is 32.1. The average Bonchev–Trinajstić information content (AvgIpc) is 3.50. The van der Waals surface area contributed by atoms with Crippen LogP contribution in [-0.2, 0) is 4.74 Å². The highest BCUT2D eigenvalue weighted by Gasteiger charge is 2.14. The number of ether oxygens (including phenoxy) is 1. The van der Waals surface area contributed by atoms with Crippen LogP contribution in [0.3, 0.4) is 0 Å². The average molecular weight is 512 g/mol. The Bertz CT molecular complexity index is 1380. The molecule has 1 aliphatic heterocycles. The maximum atomic E-state index is 12.9. The first kappa shape index (κ1) is 24.4. The lowest BCUT2D eigenvalue weighted by atomic mass is 10.0. The molecule has 0 spiro atoms. The number of carbonyl (C=O) groups is 3. The molecule has 0 unspecified atom stereocenters. The summed E-state index contributed by atoms with van der Waals surface area (Å²) in [7, 11) is 0. The van der Waals surface area contributed by atoms with Gasteiger partial charge in [-0.25, -0.2) is 0 Å². The van der Waals surface area contributed by atoms with E-state index in [1.807, 2.05) is 29.6 Å². The third kappa shape index (κ3) is 5.94. The van der Waals surface area contributed by atoms with Crippen molar-refractivity contribution in [1.29, 1.82) is 0 Å². The van der Waals surface area contributed by atoms with Gasteiger partial charge in [-0.1, -0.05) is 0 Å². The van der Waals surface area contributed by atoms with Crippen molar-refractivity contribution in [1.82, 2.24) is 0 Å². The van der Waals surface area contributed by atoms with Crippen molar-refractivity contribution in [2.45, 2.75) is 0 Å². The van der Waals surface area contributed by atoms with E-state index < -0.39 is 0 Å². The van der Waals surface area contributed by atoms with Gasteiger partial charge in [0.15, 0.2) is 5.78 Å². The molecule has 1 aromatic heterocycles. The Kier molecular flexibility index (Phi) is 7.39. The highest BCUT2D eigenvalue weighted by Crippen LogP contribution is 2.20. The van der Waals surface area contributed by atoms with Gasteiger partial charge in [-0.05, 0) is 84.2 Å². The van der Waals surface area contributed by atoms with Gasteiger partial charge in [0.1, 0.15) is 0 Å². The fraction of sp³-hybridized carbons (Fsp3) is 0.138. The minimum Gasteiger partial charge on any atom is -0.378 e. The van der Waals surface area contributed by atoms with Crippen LogP contribution in [0.25, 0.3) is 0 Å². The predicted molar refractivity (Wildman–Crippen MR) is 146 cm³/mol. The van der Waals surface area contributed by atoms with Gasteiger partial charge in [-0.15, -0.1) is 0 Å². The first-order valence-electron chi connectivity index (χ1n) is 11.9. The number of benzene rings is 3. The largest absolute Gasteiger partial charge is 0.378 e. The van der Waals surface area contributed by atoms with E-state index in [9.17, 15) is 14.4 Å². The van der Waals surface area contributed by atoms with E-state index in [4.69, 9.17) is 4.74 Å². The molecule has 37 heavy (non-hydrogen) atoms. The summed E-state index contributed by atoms with van der Waals surface area (Å²) in [6.07, 6.45) is 0. The number of rotatable bonds is 7. The topological polar surface area (TPSA) is 87.7 Å². The Balaban J connectivity index is 1.18. The maximum absolute atomic E-state index is 12.9. The molecule has 8 heteroatoms. The van der Waals surface area contributed by atoms with Crippen LogP contribution in [0.5, 0.6) is 0 Å². The Labute approximate surface area is 218 Å². The lowest BCUT2D eigenvalue weighted by molar-refractivity contribution is 0.101. The Morgan fingerprint density at radius 1 is 0.649 bits per heavy atom. The van der Waals surface area contributed by atoms with Crippen LogP contribution in [0, 0.1) is 0 Å². The molecular formula is C29H25N3O4S. The number of hydrogen-bond donors (Lipinski definition) is 2. The smallest absolute Gasteiger partial charge is 0.256 e. The van der Waals surface area contributed by atoms with Crippen molar-refractivity contribution in [3.63, 3.8) is 0 Å². The van der Waals surface area contributed by atoms with Crippen molar-refractivity contribution in [3.05, 3.63) is 112 Å². The number of amides is 2. The Morgan fingerprint density at radius 3 is 1.68 bits per heavy atom. The molecule has 0 saturated carbocycles. The molecule has 0 atom stereocenters. The fourth-order valence-electron chi connectivity index (χ4n) is 4.02. The first-order chi connectivity index (χ1) is 18.1. The highest BCUT2D eigenvalue weighted by molar-refractivity contribution is 7.08. The molecular weight excluding hydrogens is 486 g/mol. The number of thiophene rings is 1. The Hall–Kier alpha value is -4.27. The summed E-state index contributed by atoms with van der Waals surface area (Å²) in [6.45, 7) is 3.10. The van der Waals surface area contributed by atoms with Gasteiger partial charge in [-0.3, -0.25) is 14.4 Å². The third-order valence-corrected chi connectivity index (χ3v) is 6.78. The van der Waals surface area contributed by atoms with E-state index in [1.165, 1.54) is 11.3 Å². The summed E-state index contributed by atoms with van der Waals surface area (Å²) < 4.78 is 5.39. The first-order valence-corrected chi connectivity index (χ1v) is 12.8. The van der Waals surface area contributed by atoms with Gasteiger partial charge in [-0.2, -0.15) is 11.3 Å². The van der Waals surface area contributed by atoms with E-state index in [2.05, 4.69) is 15.5 Å². The molecule has 1 saturated heterocycles. The maximum Gasteiger partial charge on any atom is 0.256 e. The van der Waals surface area contributed by atoms with Crippen LogP contribution in [0.2, 0.25) is 0 Å². The molecule has 7 nitrogen and oxygen atoms in total. The van der Waals surface area contributed by atoms with Crippen molar-refractivity contribution < 1.29 is 19.1 Å². The molecule has 2 heterocycles. The normalized spacial score (nSPS) is 13.1. The van der Waals surface area contributed by atoms with E-state index >= 15 is 0 Å². The zero-order valence-electron chi connectivity index (χ0n) is 20.0. The van der Waals surface area contributed by atoms with Crippen LogP contribution >= 0.6 is 11.3 Å². The summed E-state index contributed by atoms with van der Waals surface area (Å²) in [6, 6.07) is 22.8. The molecule has 0 bridgehead atoms. The van der Waals surface area contributed by atoms with Gasteiger partial charge in [0, 0.05) is 52.2 Å². The Morgan fingerprint density at radius 2 is 1.16 bits per heavy atom. The third-order valence-electron chi connectivity index (χ3n) is 6.10. The molecule has 186 valence electrons. The molecule has 0 radical (unpaired) electrons. The monoisotopic (exact) mass is 511 g/mol. The fourth-order valence-corrected chi connectivity index (χ4v) is 4.66. The summed E-state index contributed by atoms with van der Waals surface area (Å²) in [5, 5.41) is 9.32. The van der Waals surface area contributed by atoms with Gasteiger partial charge in [0.05, 0.1) is 18.8 Å². The van der Waals surface area contributed by atoms with Crippen LogP contribution in [0.1, 0.15) is 36.6 Å². The van der Waals surface area contributed by atoms with Crippen LogP contribution in [0.4, 0.5) is 17.1 Å². The van der Waals surface area contributed by atoms with Crippen molar-refractivity contribution in [2.75, 3.05) is 41.8 Å². The summed E-state index contributed by atoms with van der Waals surface area (Å²) in [5.41, 5.74) is 4.45. The molecule has 0 aliphatic carbocycles. The zero-order chi connectivity index (χ0) is 25.6. The number of nitrogens with zero attached hydrogens (tertiary/aromatic N) is 1. The second-order valence-electron chi connectivity index (χ2n) is 8.55. The van der Waals surface area contributed by atoms with Gasteiger partial charge < -0.3 is 20.3 Å². The van der Waals surface area contributed by atoms with Gasteiger partial charge in [0.25, 0.3) is 11.8 Å². The number of nitrogens with one attached hydrogen (secondary N) is 2. The van der Waals surface area contributed by atoms with Crippen molar-refractivity contribution >= 4 is 46.0 Å². The lowest BCUT2D eigenvalue weighted by Gasteiger charge is -2.28. The van der Waals surface area contributed by atoms with E-state index in [1.54, 1.807) is 60.0 Å². The number of hydrogen-bond acceptors (Lipinski definition) is 6. The minimum atomic E-state index is -0.215. The molecule has 1 aliphatic rings. The van der Waals surface area contributed by atoms with Crippen molar-refractivity contribution in [3.8, 4) is 0 Å². The zero-order valence-corrected chi connectivity index (χ0v) is 20.8. The number of ketones is 1. The minimum absolute atomic E-state index is 0.146. The SMILES string of the molecule is O=C(Nc1ccc(C(=O)c2ccc(NC(=O)c3ccsc3)cc2)cc1)c1ccc(N2CCOCC2)cc1. The molecule has 1 fully saturated rings. The molecule has 5 rings (SSSR count). The quantitative estimate of drug-likeness (QED) is 0.328. The van der Waals surface area contributed by atoms with Crippen LogP contribution < -0.4 is 15.5 Å². The number of anilines is 3. The van der Waals surface area contributed by atoms with Crippen molar-refractivity contribution in [2.24, 2.45) is 0 Å². The van der Waals surface area contributed by atoms with Gasteiger partial charge in [0.2, 0.25) is 0 Å². The standard InChI is InChI=1S/C29H25N3O4S/c33-27(21-3-9-25(10-4-21)31-29(35)23-13-18-37-19-23)20-1-7-24(8-2-20)30-28(34)22-5-11-26(12-6-22)32-14-16-36-17-15-32/h1-13,18-19H,14-17H2,(H,30,34)(H,31,35). The van der Waals surface area contributed by atoms with E-state index in [0.29, 0.717) is 46.8 Å². The predicted octanol–water partition coefficient (Wildman–Crippen LogP) is 5.32. The van der Waals surface area contributed by atoms with Crippen LogP contribution in [-0.4, -0.2) is 43.9 Å². The van der Waals surface area contributed by atoms with Crippen LogP contribution in [0.15, 0.2) is 89.6 Å². The van der Waals surface area contributed by atoms with E-state index in [0.717, 1.165) is 18.8 Å².